The quantitative estimate of drug-likeness (QED) is 0.726. The zero-order valence-electron chi connectivity index (χ0n) is 11.0. The van der Waals surface area contributed by atoms with E-state index in [9.17, 15) is 13.2 Å². The fraction of sp³-hybridized carbons (Fsp3) is 0.214. The van der Waals surface area contributed by atoms with Crippen molar-refractivity contribution in [3.63, 3.8) is 0 Å². The molecule has 0 amide bonds. The van der Waals surface area contributed by atoms with Crippen LogP contribution in [0.25, 0.3) is 11.0 Å². The number of hydrogen-bond acceptors (Lipinski definition) is 3. The fourth-order valence-corrected chi connectivity index (χ4v) is 2.17. The van der Waals surface area contributed by atoms with Crippen LogP contribution in [0.4, 0.5) is 13.2 Å². The largest absolute Gasteiger partial charge is 0.416 e. The van der Waals surface area contributed by atoms with Crippen LogP contribution in [0.1, 0.15) is 24.1 Å². The molecular formula is C14H11F3N4. The summed E-state index contributed by atoms with van der Waals surface area (Å²) in [6, 6.07) is 4.85. The third kappa shape index (κ3) is 2.46. The summed E-state index contributed by atoms with van der Waals surface area (Å²) in [6.07, 6.45) is 0.370. The van der Waals surface area contributed by atoms with Gasteiger partial charge in [0.2, 0.25) is 0 Å². The predicted octanol–water partition coefficient (Wildman–Crippen LogP) is 3.45. The van der Waals surface area contributed by atoms with Crippen molar-refractivity contribution < 1.29 is 13.2 Å². The molecule has 2 aromatic heterocycles. The molecule has 0 radical (unpaired) electrons. The van der Waals surface area contributed by atoms with Gasteiger partial charge in [-0.3, -0.25) is 0 Å². The molecule has 3 aromatic rings. The Balaban J connectivity index is 1.97. The number of halogens is 3. The van der Waals surface area contributed by atoms with Gasteiger partial charge in [-0.05, 0) is 24.6 Å². The monoisotopic (exact) mass is 292 g/mol. The highest BCUT2D eigenvalue weighted by molar-refractivity contribution is 5.73. The van der Waals surface area contributed by atoms with E-state index in [1.54, 1.807) is 17.1 Å². The minimum absolute atomic E-state index is 0.223. The molecule has 7 heteroatoms. The van der Waals surface area contributed by atoms with Crippen molar-refractivity contribution in [3.8, 4) is 0 Å². The molecule has 0 aliphatic carbocycles. The van der Waals surface area contributed by atoms with E-state index in [1.165, 1.54) is 18.5 Å². The van der Waals surface area contributed by atoms with Gasteiger partial charge in [0.05, 0.1) is 23.2 Å². The number of benzene rings is 1. The fourth-order valence-electron chi connectivity index (χ4n) is 2.17. The smallest absolute Gasteiger partial charge is 0.244 e. The minimum atomic E-state index is -4.33. The number of alkyl halides is 3. The van der Waals surface area contributed by atoms with E-state index in [0.29, 0.717) is 5.65 Å². The van der Waals surface area contributed by atoms with E-state index in [1.807, 2.05) is 6.92 Å². The first-order valence-corrected chi connectivity index (χ1v) is 6.27. The lowest BCUT2D eigenvalue weighted by molar-refractivity contribution is -0.137. The van der Waals surface area contributed by atoms with Crippen LogP contribution in [0.2, 0.25) is 0 Å². The minimum Gasteiger partial charge on any atom is -0.244 e. The van der Waals surface area contributed by atoms with Gasteiger partial charge >= 0.3 is 6.18 Å². The second-order valence-corrected chi connectivity index (χ2v) is 4.69. The van der Waals surface area contributed by atoms with Crippen LogP contribution in [0, 0.1) is 0 Å². The van der Waals surface area contributed by atoms with Crippen molar-refractivity contribution in [2.24, 2.45) is 0 Å². The van der Waals surface area contributed by atoms with E-state index in [0.717, 1.165) is 23.1 Å². The van der Waals surface area contributed by atoms with Crippen molar-refractivity contribution in [3.05, 3.63) is 54.1 Å². The molecule has 0 aliphatic rings. The van der Waals surface area contributed by atoms with Crippen molar-refractivity contribution in [1.82, 2.24) is 19.7 Å². The standard InChI is InChI=1S/C14H11F3N4/c1-9(10-2-4-12(5-3-10)14(15,16)17)21-13-11(7-20-21)6-18-8-19-13/h2-9H,1H3. The summed E-state index contributed by atoms with van der Waals surface area (Å²) in [5, 5.41) is 5.02. The first-order chi connectivity index (χ1) is 9.97. The Labute approximate surface area is 118 Å². The number of aromatic nitrogens is 4. The lowest BCUT2D eigenvalue weighted by atomic mass is 10.1. The Morgan fingerprint density at radius 1 is 1.10 bits per heavy atom. The van der Waals surface area contributed by atoms with Gasteiger partial charge in [-0.15, -0.1) is 0 Å². The summed E-state index contributed by atoms with van der Waals surface area (Å²) in [4.78, 5) is 8.06. The zero-order valence-corrected chi connectivity index (χ0v) is 11.0. The molecule has 21 heavy (non-hydrogen) atoms. The van der Waals surface area contributed by atoms with E-state index < -0.39 is 11.7 Å². The number of hydrogen-bond donors (Lipinski definition) is 0. The molecule has 1 unspecified atom stereocenters. The Morgan fingerprint density at radius 3 is 2.48 bits per heavy atom. The first kappa shape index (κ1) is 13.5. The summed E-state index contributed by atoms with van der Waals surface area (Å²) in [7, 11) is 0. The predicted molar refractivity (Wildman–Crippen MR) is 70.6 cm³/mol. The van der Waals surface area contributed by atoms with Gasteiger partial charge in [-0.25, -0.2) is 14.6 Å². The maximum atomic E-state index is 12.6. The second kappa shape index (κ2) is 4.83. The highest BCUT2D eigenvalue weighted by atomic mass is 19.4. The van der Waals surface area contributed by atoms with Crippen molar-refractivity contribution in [2.75, 3.05) is 0 Å². The van der Waals surface area contributed by atoms with Crippen LogP contribution >= 0.6 is 0 Å². The van der Waals surface area contributed by atoms with E-state index in [4.69, 9.17) is 0 Å². The molecule has 1 aromatic carbocycles. The lowest BCUT2D eigenvalue weighted by Gasteiger charge is -2.14. The van der Waals surface area contributed by atoms with Gasteiger partial charge in [0, 0.05) is 6.20 Å². The van der Waals surface area contributed by atoms with E-state index in [2.05, 4.69) is 15.1 Å². The van der Waals surface area contributed by atoms with Crippen LogP contribution in [-0.4, -0.2) is 19.7 Å². The summed E-state index contributed by atoms with van der Waals surface area (Å²) in [6.45, 7) is 1.86. The van der Waals surface area contributed by atoms with Crippen LogP contribution in [-0.2, 0) is 6.18 Å². The molecule has 1 atom stereocenters. The van der Waals surface area contributed by atoms with Crippen LogP contribution in [0.5, 0.6) is 0 Å². The topological polar surface area (TPSA) is 43.6 Å². The number of fused-ring (bicyclic) bond motifs is 1. The Kier molecular flexibility index (Phi) is 3.12. The molecule has 0 saturated carbocycles. The molecule has 2 heterocycles. The van der Waals surface area contributed by atoms with Crippen LogP contribution < -0.4 is 0 Å². The van der Waals surface area contributed by atoms with Crippen molar-refractivity contribution >= 4 is 11.0 Å². The van der Waals surface area contributed by atoms with Gasteiger partial charge in [-0.1, -0.05) is 12.1 Å². The summed E-state index contributed by atoms with van der Waals surface area (Å²) >= 11 is 0. The SMILES string of the molecule is CC(c1ccc(C(F)(F)F)cc1)n1ncc2cncnc21. The molecule has 0 spiro atoms. The van der Waals surface area contributed by atoms with Gasteiger partial charge < -0.3 is 0 Å². The molecule has 0 aliphatic heterocycles. The molecule has 3 rings (SSSR count). The zero-order chi connectivity index (χ0) is 15.0. The number of rotatable bonds is 2. The van der Waals surface area contributed by atoms with Gasteiger partial charge in [0.15, 0.2) is 5.65 Å². The summed E-state index contributed by atoms with van der Waals surface area (Å²) < 4.78 is 39.4. The Bertz CT molecular complexity index is 762. The molecular weight excluding hydrogens is 281 g/mol. The molecule has 4 nitrogen and oxygen atoms in total. The molecule has 108 valence electrons. The van der Waals surface area contributed by atoms with Crippen LogP contribution in [0.15, 0.2) is 43.0 Å². The average Bonchev–Trinajstić information content (AvgIpc) is 2.90. The Hall–Kier alpha value is -2.44. The van der Waals surface area contributed by atoms with Crippen molar-refractivity contribution in [2.45, 2.75) is 19.1 Å². The third-order valence-corrected chi connectivity index (χ3v) is 3.34. The molecule has 0 saturated heterocycles. The van der Waals surface area contributed by atoms with Gasteiger partial charge in [0.1, 0.15) is 6.33 Å². The molecule has 0 fully saturated rings. The van der Waals surface area contributed by atoms with Gasteiger partial charge in [0.25, 0.3) is 0 Å². The Morgan fingerprint density at radius 2 is 1.81 bits per heavy atom. The normalized spacial score (nSPS) is 13.5. The highest BCUT2D eigenvalue weighted by Gasteiger charge is 2.30. The molecule has 0 N–H and O–H groups in total. The van der Waals surface area contributed by atoms with Crippen molar-refractivity contribution in [1.29, 1.82) is 0 Å². The highest BCUT2D eigenvalue weighted by Crippen LogP contribution is 2.30. The lowest BCUT2D eigenvalue weighted by Crippen LogP contribution is -2.10. The van der Waals surface area contributed by atoms with Gasteiger partial charge in [-0.2, -0.15) is 18.3 Å². The maximum absolute atomic E-state index is 12.6. The maximum Gasteiger partial charge on any atom is 0.416 e. The summed E-state index contributed by atoms with van der Waals surface area (Å²) in [5.41, 5.74) is 0.718. The number of nitrogens with zero attached hydrogens (tertiary/aromatic N) is 4. The first-order valence-electron chi connectivity index (χ1n) is 6.27. The van der Waals surface area contributed by atoms with E-state index >= 15 is 0 Å². The second-order valence-electron chi connectivity index (χ2n) is 4.69. The van der Waals surface area contributed by atoms with Crippen LogP contribution in [0.3, 0.4) is 0 Å². The molecule has 0 bridgehead atoms. The van der Waals surface area contributed by atoms with E-state index in [-0.39, 0.29) is 6.04 Å². The summed E-state index contributed by atoms with van der Waals surface area (Å²) in [5.74, 6) is 0. The third-order valence-electron chi connectivity index (χ3n) is 3.34. The average molecular weight is 292 g/mol.